The molecule has 4 rings (SSSR count). The maximum Gasteiger partial charge on any atom is 0.277 e. The van der Waals surface area contributed by atoms with Gasteiger partial charge in [0.15, 0.2) is 10.9 Å². The number of carbonyl (C=O) groups excluding carboxylic acids is 1. The summed E-state index contributed by atoms with van der Waals surface area (Å²) in [5, 5.41) is 10.3. The number of aliphatic imine (C=N–C) groups is 1. The Labute approximate surface area is 165 Å². The van der Waals surface area contributed by atoms with Crippen LogP contribution in [0.25, 0.3) is 0 Å². The van der Waals surface area contributed by atoms with E-state index in [9.17, 15) is 4.79 Å². The van der Waals surface area contributed by atoms with E-state index < -0.39 is 5.54 Å². The molecule has 4 heterocycles. The predicted molar refractivity (Wildman–Crippen MR) is 107 cm³/mol. The van der Waals surface area contributed by atoms with Crippen LogP contribution in [0, 0.1) is 12.8 Å². The SMILES string of the molecule is Cc1cc(C(=O)Nc2csc([C@]34CO[C@@H](C)C[C@H]3CSC(N)=N4)n2)nn1C. The third-order valence-electron chi connectivity index (χ3n) is 5.08. The highest BCUT2D eigenvalue weighted by Crippen LogP contribution is 2.46. The molecular formula is C17H22N6O2S2. The second-order valence-electron chi connectivity index (χ2n) is 7.03. The fourth-order valence-electron chi connectivity index (χ4n) is 3.46. The van der Waals surface area contributed by atoms with Crippen LogP contribution in [0.2, 0.25) is 0 Å². The van der Waals surface area contributed by atoms with Crippen LogP contribution in [-0.2, 0) is 17.3 Å². The lowest BCUT2D eigenvalue weighted by atomic mass is 9.80. The second-order valence-corrected chi connectivity index (χ2v) is 8.92. The maximum atomic E-state index is 12.4. The standard InChI is InChI=1S/C17H22N6O2S2/c1-9-4-12(22-23(9)3)14(24)19-13-7-26-15(20-13)17-8-25-10(2)5-11(17)6-27-16(18)21-17/h4,7,10-11H,5-6,8H2,1-3H3,(H2,18,21)(H,19,24)/t10-,11-,17-/m0/s1. The summed E-state index contributed by atoms with van der Waals surface area (Å²) in [6.45, 7) is 4.44. The van der Waals surface area contributed by atoms with E-state index in [1.54, 1.807) is 29.6 Å². The molecule has 10 heteroatoms. The van der Waals surface area contributed by atoms with Crippen molar-refractivity contribution in [2.75, 3.05) is 17.7 Å². The number of hydrogen-bond donors (Lipinski definition) is 2. The molecule has 1 fully saturated rings. The molecule has 144 valence electrons. The number of ether oxygens (including phenoxy) is 1. The summed E-state index contributed by atoms with van der Waals surface area (Å²) in [5.74, 6) is 1.44. The normalized spacial score (nSPS) is 27.7. The second kappa shape index (κ2) is 6.92. The van der Waals surface area contributed by atoms with Gasteiger partial charge in [0.05, 0.1) is 12.7 Å². The number of nitrogens with zero attached hydrogens (tertiary/aromatic N) is 4. The Bertz CT molecular complexity index is 888. The summed E-state index contributed by atoms with van der Waals surface area (Å²) in [5.41, 5.74) is 6.76. The molecule has 0 unspecified atom stereocenters. The van der Waals surface area contributed by atoms with Crippen molar-refractivity contribution in [3.8, 4) is 0 Å². The van der Waals surface area contributed by atoms with E-state index in [2.05, 4.69) is 22.3 Å². The molecule has 1 saturated heterocycles. The minimum Gasteiger partial charge on any atom is -0.379 e. The number of nitrogens with one attached hydrogen (secondary N) is 1. The molecule has 2 aliphatic rings. The topological polar surface area (TPSA) is 107 Å². The molecule has 27 heavy (non-hydrogen) atoms. The Balaban J connectivity index is 1.59. The number of carbonyl (C=O) groups is 1. The van der Waals surface area contributed by atoms with Crippen LogP contribution in [0.15, 0.2) is 16.4 Å². The first-order chi connectivity index (χ1) is 12.9. The first kappa shape index (κ1) is 18.5. The van der Waals surface area contributed by atoms with Crippen LogP contribution in [0.4, 0.5) is 5.82 Å². The van der Waals surface area contributed by atoms with Gasteiger partial charge in [-0.1, -0.05) is 11.8 Å². The van der Waals surface area contributed by atoms with E-state index >= 15 is 0 Å². The van der Waals surface area contributed by atoms with Crippen molar-refractivity contribution in [2.24, 2.45) is 23.7 Å². The third-order valence-corrected chi connectivity index (χ3v) is 7.05. The molecule has 0 bridgehead atoms. The van der Waals surface area contributed by atoms with Crippen molar-refractivity contribution in [1.82, 2.24) is 14.8 Å². The number of hydrogen-bond acceptors (Lipinski definition) is 8. The van der Waals surface area contributed by atoms with Crippen molar-refractivity contribution < 1.29 is 9.53 Å². The Morgan fingerprint density at radius 3 is 3.07 bits per heavy atom. The fourth-order valence-corrected chi connectivity index (χ4v) is 5.43. The number of aryl methyl sites for hydroxylation is 2. The number of thiazole rings is 1. The van der Waals surface area contributed by atoms with Crippen molar-refractivity contribution >= 4 is 40.0 Å². The summed E-state index contributed by atoms with van der Waals surface area (Å²) in [6, 6.07) is 1.75. The monoisotopic (exact) mass is 406 g/mol. The molecule has 2 aliphatic heterocycles. The zero-order valence-electron chi connectivity index (χ0n) is 15.4. The molecule has 3 atom stereocenters. The summed E-state index contributed by atoms with van der Waals surface area (Å²) in [6.07, 6.45) is 1.11. The van der Waals surface area contributed by atoms with Crippen molar-refractivity contribution in [3.63, 3.8) is 0 Å². The molecule has 2 aromatic heterocycles. The van der Waals surface area contributed by atoms with Crippen LogP contribution in [-0.4, -0.2) is 44.3 Å². The lowest BCUT2D eigenvalue weighted by Gasteiger charge is -2.44. The molecule has 0 radical (unpaired) electrons. The van der Waals surface area contributed by atoms with Gasteiger partial charge in [0, 0.05) is 29.8 Å². The van der Waals surface area contributed by atoms with Crippen LogP contribution in [0.5, 0.6) is 0 Å². The molecular weight excluding hydrogens is 384 g/mol. The highest BCUT2D eigenvalue weighted by atomic mass is 32.2. The van der Waals surface area contributed by atoms with E-state index in [-0.39, 0.29) is 12.0 Å². The van der Waals surface area contributed by atoms with Crippen molar-refractivity contribution in [2.45, 2.75) is 31.9 Å². The summed E-state index contributed by atoms with van der Waals surface area (Å²) < 4.78 is 7.59. The number of aromatic nitrogens is 3. The Morgan fingerprint density at radius 1 is 1.52 bits per heavy atom. The third kappa shape index (κ3) is 3.37. The van der Waals surface area contributed by atoms with Gasteiger partial charge in [0.2, 0.25) is 0 Å². The summed E-state index contributed by atoms with van der Waals surface area (Å²) >= 11 is 3.06. The lowest BCUT2D eigenvalue weighted by Crippen LogP contribution is -2.49. The number of amidine groups is 1. The van der Waals surface area contributed by atoms with E-state index in [1.807, 2.05) is 12.3 Å². The van der Waals surface area contributed by atoms with Crippen molar-refractivity contribution in [1.29, 1.82) is 0 Å². The quantitative estimate of drug-likeness (QED) is 0.808. The summed E-state index contributed by atoms with van der Waals surface area (Å²) in [7, 11) is 1.81. The van der Waals surface area contributed by atoms with E-state index in [1.165, 1.54) is 11.3 Å². The predicted octanol–water partition coefficient (Wildman–Crippen LogP) is 2.12. The van der Waals surface area contributed by atoms with Gasteiger partial charge in [-0.15, -0.1) is 11.3 Å². The van der Waals surface area contributed by atoms with Crippen LogP contribution in [0.3, 0.4) is 0 Å². The maximum absolute atomic E-state index is 12.4. The van der Waals surface area contributed by atoms with Gasteiger partial charge in [-0.05, 0) is 26.3 Å². The minimum absolute atomic E-state index is 0.199. The van der Waals surface area contributed by atoms with E-state index in [0.717, 1.165) is 22.9 Å². The van der Waals surface area contributed by atoms with Gasteiger partial charge in [-0.3, -0.25) is 9.48 Å². The largest absolute Gasteiger partial charge is 0.379 e. The van der Waals surface area contributed by atoms with Crippen molar-refractivity contribution in [3.05, 3.63) is 27.8 Å². The van der Waals surface area contributed by atoms with Gasteiger partial charge in [-0.2, -0.15) is 5.10 Å². The van der Waals surface area contributed by atoms with Gasteiger partial charge >= 0.3 is 0 Å². The molecule has 8 nitrogen and oxygen atoms in total. The molecule has 0 spiro atoms. The number of nitrogens with two attached hydrogens (primary N) is 1. The first-order valence-electron chi connectivity index (χ1n) is 8.75. The highest BCUT2D eigenvalue weighted by Gasteiger charge is 2.49. The van der Waals surface area contributed by atoms with Crippen LogP contribution >= 0.6 is 23.1 Å². The molecule has 1 amide bonds. The number of rotatable bonds is 3. The Morgan fingerprint density at radius 2 is 2.33 bits per heavy atom. The molecule has 0 aliphatic carbocycles. The number of fused-ring (bicyclic) bond motifs is 1. The number of anilines is 1. The first-order valence-corrected chi connectivity index (χ1v) is 10.6. The number of amides is 1. The van der Waals surface area contributed by atoms with Crippen LogP contribution < -0.4 is 11.1 Å². The van der Waals surface area contributed by atoms with E-state index in [4.69, 9.17) is 15.5 Å². The average molecular weight is 407 g/mol. The molecule has 2 aromatic rings. The average Bonchev–Trinajstić information content (AvgIpc) is 3.23. The Kier molecular flexibility index (Phi) is 4.73. The Hall–Kier alpha value is -1.91. The van der Waals surface area contributed by atoms with Gasteiger partial charge in [-0.25, -0.2) is 9.98 Å². The zero-order chi connectivity index (χ0) is 19.2. The molecule has 3 N–H and O–H groups in total. The fraction of sp³-hybridized carbons (Fsp3) is 0.529. The lowest BCUT2D eigenvalue weighted by molar-refractivity contribution is -0.0466. The minimum atomic E-state index is -0.558. The van der Waals surface area contributed by atoms with Crippen LogP contribution in [0.1, 0.15) is 34.5 Å². The molecule has 0 aromatic carbocycles. The molecule has 0 saturated carbocycles. The number of thioether (sulfide) groups is 1. The smallest absolute Gasteiger partial charge is 0.277 e. The van der Waals surface area contributed by atoms with Gasteiger partial charge in [0.25, 0.3) is 5.91 Å². The highest BCUT2D eigenvalue weighted by molar-refractivity contribution is 8.13. The van der Waals surface area contributed by atoms with Gasteiger partial charge < -0.3 is 15.8 Å². The summed E-state index contributed by atoms with van der Waals surface area (Å²) in [4.78, 5) is 21.9. The van der Waals surface area contributed by atoms with Gasteiger partial charge in [0.1, 0.15) is 16.4 Å². The zero-order valence-corrected chi connectivity index (χ0v) is 17.1. The van der Waals surface area contributed by atoms with E-state index in [0.29, 0.717) is 29.2 Å².